The Labute approximate surface area is 120 Å². The maximum Gasteiger partial charge on any atom is 0.175 e. The van der Waals surface area contributed by atoms with Crippen LogP contribution in [0.2, 0.25) is 0 Å². The quantitative estimate of drug-likeness (QED) is 0.907. The third-order valence-corrected chi connectivity index (χ3v) is 5.90. The largest absolute Gasteiger partial charge is 0.310 e. The monoisotopic (exact) mass is 299 g/mol. The van der Waals surface area contributed by atoms with E-state index in [2.05, 4.69) is 12.2 Å². The number of benzene rings is 1. The standard InChI is InChI=1S/C14H21NO2S2/c1-11(15-9-12-7-8-18-10-12)13-3-5-14(6-4-13)19(2,16)17/h3-6,11-12,15H,7-10H2,1-2H3. The molecule has 0 aliphatic carbocycles. The predicted molar refractivity (Wildman–Crippen MR) is 81.4 cm³/mol. The Bertz CT molecular complexity index is 505. The van der Waals surface area contributed by atoms with E-state index in [1.165, 1.54) is 24.2 Å². The van der Waals surface area contributed by atoms with Crippen molar-refractivity contribution in [3.63, 3.8) is 0 Å². The Kier molecular flexibility index (Phi) is 4.92. The summed E-state index contributed by atoms with van der Waals surface area (Å²) in [5.74, 6) is 3.32. The molecule has 0 spiro atoms. The maximum absolute atomic E-state index is 11.4. The first-order chi connectivity index (χ1) is 8.97. The van der Waals surface area contributed by atoms with E-state index in [0.717, 1.165) is 18.0 Å². The molecule has 2 unspecified atom stereocenters. The molecule has 2 atom stereocenters. The van der Waals surface area contributed by atoms with Crippen molar-refractivity contribution < 1.29 is 8.42 Å². The van der Waals surface area contributed by atoms with Gasteiger partial charge in [-0.1, -0.05) is 12.1 Å². The van der Waals surface area contributed by atoms with Gasteiger partial charge < -0.3 is 5.32 Å². The third kappa shape index (κ3) is 4.23. The minimum atomic E-state index is -3.09. The summed E-state index contributed by atoms with van der Waals surface area (Å²) < 4.78 is 22.8. The lowest BCUT2D eigenvalue weighted by Crippen LogP contribution is -2.25. The topological polar surface area (TPSA) is 46.2 Å². The summed E-state index contributed by atoms with van der Waals surface area (Å²) in [5.41, 5.74) is 1.14. The van der Waals surface area contributed by atoms with Gasteiger partial charge in [0.05, 0.1) is 4.90 Å². The molecule has 1 N–H and O–H groups in total. The summed E-state index contributed by atoms with van der Waals surface area (Å²) in [6.07, 6.45) is 2.54. The number of sulfone groups is 1. The van der Waals surface area contributed by atoms with Crippen LogP contribution in [0.15, 0.2) is 29.2 Å². The van der Waals surface area contributed by atoms with Crippen molar-refractivity contribution in [2.75, 3.05) is 24.3 Å². The highest BCUT2D eigenvalue weighted by molar-refractivity contribution is 7.99. The molecule has 0 aromatic heterocycles. The Morgan fingerprint density at radius 1 is 1.37 bits per heavy atom. The highest BCUT2D eigenvalue weighted by Gasteiger charge is 2.16. The van der Waals surface area contributed by atoms with Crippen LogP contribution >= 0.6 is 11.8 Å². The summed E-state index contributed by atoms with van der Waals surface area (Å²) in [6, 6.07) is 7.44. The van der Waals surface area contributed by atoms with E-state index in [9.17, 15) is 8.42 Å². The van der Waals surface area contributed by atoms with Crippen LogP contribution in [-0.2, 0) is 9.84 Å². The number of nitrogens with one attached hydrogen (secondary N) is 1. The van der Waals surface area contributed by atoms with E-state index in [-0.39, 0.29) is 6.04 Å². The molecule has 2 rings (SSSR count). The summed E-state index contributed by atoms with van der Waals surface area (Å²) in [7, 11) is -3.09. The van der Waals surface area contributed by atoms with Gasteiger partial charge in [0.15, 0.2) is 9.84 Å². The van der Waals surface area contributed by atoms with Crippen LogP contribution in [0.1, 0.15) is 24.9 Å². The molecule has 1 saturated heterocycles. The van der Waals surface area contributed by atoms with Gasteiger partial charge in [-0.05, 0) is 55.0 Å². The van der Waals surface area contributed by atoms with Crippen LogP contribution in [0.5, 0.6) is 0 Å². The van der Waals surface area contributed by atoms with E-state index in [0.29, 0.717) is 4.90 Å². The van der Waals surface area contributed by atoms with E-state index >= 15 is 0 Å². The van der Waals surface area contributed by atoms with Gasteiger partial charge in [0.25, 0.3) is 0 Å². The third-order valence-electron chi connectivity index (χ3n) is 3.54. The fraction of sp³-hybridized carbons (Fsp3) is 0.571. The maximum atomic E-state index is 11.4. The number of thioether (sulfide) groups is 1. The molecule has 0 saturated carbocycles. The summed E-state index contributed by atoms with van der Waals surface area (Å²) in [6.45, 7) is 3.17. The molecular formula is C14H21NO2S2. The molecule has 1 heterocycles. The van der Waals surface area contributed by atoms with Gasteiger partial charge in [-0.2, -0.15) is 11.8 Å². The SMILES string of the molecule is CC(NCC1CCSC1)c1ccc(S(C)(=O)=O)cc1. The first-order valence-electron chi connectivity index (χ1n) is 6.58. The summed E-state index contributed by atoms with van der Waals surface area (Å²) >= 11 is 2.03. The van der Waals surface area contributed by atoms with Gasteiger partial charge in [0.1, 0.15) is 0 Å². The molecule has 1 aliphatic rings. The Morgan fingerprint density at radius 2 is 2.05 bits per heavy atom. The fourth-order valence-corrected chi connectivity index (χ4v) is 4.12. The Hall–Kier alpha value is -0.520. The van der Waals surface area contributed by atoms with Crippen LogP contribution in [0.25, 0.3) is 0 Å². The number of rotatable bonds is 5. The van der Waals surface area contributed by atoms with Crippen molar-refractivity contribution in [3.05, 3.63) is 29.8 Å². The van der Waals surface area contributed by atoms with E-state index in [4.69, 9.17) is 0 Å². The number of hydrogen-bond acceptors (Lipinski definition) is 4. The predicted octanol–water partition coefficient (Wildman–Crippen LogP) is 2.49. The van der Waals surface area contributed by atoms with Crippen molar-refractivity contribution in [2.45, 2.75) is 24.3 Å². The van der Waals surface area contributed by atoms with Crippen LogP contribution in [0.3, 0.4) is 0 Å². The van der Waals surface area contributed by atoms with Gasteiger partial charge >= 0.3 is 0 Å². The minimum absolute atomic E-state index is 0.263. The molecular weight excluding hydrogens is 278 g/mol. The van der Waals surface area contributed by atoms with Crippen molar-refractivity contribution >= 4 is 21.6 Å². The van der Waals surface area contributed by atoms with Gasteiger partial charge in [0.2, 0.25) is 0 Å². The molecule has 5 heteroatoms. The lowest BCUT2D eigenvalue weighted by molar-refractivity contribution is 0.477. The van der Waals surface area contributed by atoms with Crippen molar-refractivity contribution in [1.82, 2.24) is 5.32 Å². The highest BCUT2D eigenvalue weighted by atomic mass is 32.2. The molecule has 1 aromatic rings. The second kappa shape index (κ2) is 6.29. The molecule has 19 heavy (non-hydrogen) atoms. The molecule has 106 valence electrons. The van der Waals surface area contributed by atoms with Crippen LogP contribution in [-0.4, -0.2) is 32.7 Å². The Morgan fingerprint density at radius 3 is 2.58 bits per heavy atom. The first kappa shape index (κ1) is 14.9. The Balaban J connectivity index is 1.93. The average Bonchev–Trinajstić information content (AvgIpc) is 2.88. The first-order valence-corrected chi connectivity index (χ1v) is 9.62. The molecule has 1 aliphatic heterocycles. The smallest absolute Gasteiger partial charge is 0.175 e. The zero-order chi connectivity index (χ0) is 13.9. The van der Waals surface area contributed by atoms with Gasteiger partial charge in [0, 0.05) is 12.3 Å². The molecule has 0 amide bonds. The highest BCUT2D eigenvalue weighted by Crippen LogP contribution is 2.23. The molecule has 0 radical (unpaired) electrons. The molecule has 3 nitrogen and oxygen atoms in total. The average molecular weight is 299 g/mol. The van der Waals surface area contributed by atoms with Crippen molar-refractivity contribution in [2.24, 2.45) is 5.92 Å². The van der Waals surface area contributed by atoms with Crippen LogP contribution in [0, 0.1) is 5.92 Å². The lowest BCUT2D eigenvalue weighted by Gasteiger charge is -2.17. The van der Waals surface area contributed by atoms with Crippen LogP contribution < -0.4 is 5.32 Å². The van der Waals surface area contributed by atoms with Crippen LogP contribution in [0.4, 0.5) is 0 Å². The fourth-order valence-electron chi connectivity index (χ4n) is 2.21. The summed E-state index contributed by atoms with van der Waals surface area (Å²) in [5, 5.41) is 3.54. The molecule has 0 bridgehead atoms. The normalized spacial score (nSPS) is 21.5. The van der Waals surface area contributed by atoms with Crippen molar-refractivity contribution in [1.29, 1.82) is 0 Å². The van der Waals surface area contributed by atoms with Gasteiger partial charge in [-0.25, -0.2) is 8.42 Å². The second-order valence-corrected chi connectivity index (χ2v) is 8.37. The van der Waals surface area contributed by atoms with E-state index in [1.807, 2.05) is 23.9 Å². The molecule has 1 fully saturated rings. The zero-order valence-electron chi connectivity index (χ0n) is 11.4. The lowest BCUT2D eigenvalue weighted by atomic mass is 10.1. The minimum Gasteiger partial charge on any atom is -0.310 e. The summed E-state index contributed by atoms with van der Waals surface area (Å²) in [4.78, 5) is 0.385. The second-order valence-electron chi connectivity index (χ2n) is 5.20. The van der Waals surface area contributed by atoms with Gasteiger partial charge in [-0.3, -0.25) is 0 Å². The zero-order valence-corrected chi connectivity index (χ0v) is 13.1. The van der Waals surface area contributed by atoms with Crippen molar-refractivity contribution in [3.8, 4) is 0 Å². The van der Waals surface area contributed by atoms with Gasteiger partial charge in [-0.15, -0.1) is 0 Å². The van der Waals surface area contributed by atoms with E-state index in [1.54, 1.807) is 12.1 Å². The molecule has 1 aromatic carbocycles. The number of hydrogen-bond donors (Lipinski definition) is 1. The van der Waals surface area contributed by atoms with E-state index < -0.39 is 9.84 Å².